The number of anilines is 1. The SMILES string of the molecule is Cc1ccc2ncnc(NC(C)COc3ccccc3)c2c1. The Morgan fingerprint density at radius 2 is 1.91 bits per heavy atom. The van der Waals surface area contributed by atoms with Crippen molar-refractivity contribution < 1.29 is 4.74 Å². The number of aryl methyl sites for hydroxylation is 1. The molecular weight excluding hydrogens is 274 g/mol. The lowest BCUT2D eigenvalue weighted by atomic mass is 10.1. The number of ether oxygens (including phenoxy) is 1. The van der Waals surface area contributed by atoms with Crippen molar-refractivity contribution in [3.63, 3.8) is 0 Å². The topological polar surface area (TPSA) is 47.0 Å². The van der Waals surface area contributed by atoms with E-state index in [1.807, 2.05) is 36.4 Å². The minimum absolute atomic E-state index is 0.138. The highest BCUT2D eigenvalue weighted by Crippen LogP contribution is 2.21. The Balaban J connectivity index is 1.71. The van der Waals surface area contributed by atoms with Gasteiger partial charge in [0, 0.05) is 5.39 Å². The van der Waals surface area contributed by atoms with Gasteiger partial charge < -0.3 is 10.1 Å². The van der Waals surface area contributed by atoms with E-state index < -0.39 is 0 Å². The lowest BCUT2D eigenvalue weighted by molar-refractivity contribution is 0.304. The monoisotopic (exact) mass is 293 g/mol. The van der Waals surface area contributed by atoms with Gasteiger partial charge in [0.15, 0.2) is 0 Å². The summed E-state index contributed by atoms with van der Waals surface area (Å²) >= 11 is 0. The Kier molecular flexibility index (Phi) is 4.19. The highest BCUT2D eigenvalue weighted by Gasteiger charge is 2.08. The van der Waals surface area contributed by atoms with Crippen molar-refractivity contribution in [2.45, 2.75) is 19.9 Å². The molecule has 0 spiro atoms. The van der Waals surface area contributed by atoms with Gasteiger partial charge in [-0.05, 0) is 38.1 Å². The smallest absolute Gasteiger partial charge is 0.137 e. The number of benzene rings is 2. The van der Waals surface area contributed by atoms with E-state index in [0.717, 1.165) is 22.5 Å². The van der Waals surface area contributed by atoms with Crippen LogP contribution in [0, 0.1) is 6.92 Å². The number of para-hydroxylation sites is 1. The van der Waals surface area contributed by atoms with Crippen LogP contribution in [0.2, 0.25) is 0 Å². The molecule has 0 fully saturated rings. The van der Waals surface area contributed by atoms with Crippen LogP contribution in [0.1, 0.15) is 12.5 Å². The number of nitrogens with one attached hydrogen (secondary N) is 1. The summed E-state index contributed by atoms with van der Waals surface area (Å²) in [7, 11) is 0. The minimum atomic E-state index is 0.138. The third-order valence-corrected chi connectivity index (χ3v) is 3.42. The van der Waals surface area contributed by atoms with Crippen LogP contribution in [-0.2, 0) is 0 Å². The second-order valence-electron chi connectivity index (χ2n) is 5.41. The molecule has 4 nitrogen and oxygen atoms in total. The Morgan fingerprint density at radius 1 is 1.09 bits per heavy atom. The van der Waals surface area contributed by atoms with Gasteiger partial charge in [-0.3, -0.25) is 0 Å². The lowest BCUT2D eigenvalue weighted by Crippen LogP contribution is -2.24. The lowest BCUT2D eigenvalue weighted by Gasteiger charge is -2.16. The van der Waals surface area contributed by atoms with Gasteiger partial charge in [0.25, 0.3) is 0 Å². The first-order chi connectivity index (χ1) is 10.7. The summed E-state index contributed by atoms with van der Waals surface area (Å²) in [4.78, 5) is 8.67. The molecule has 1 unspecified atom stereocenters. The van der Waals surface area contributed by atoms with Gasteiger partial charge in [-0.2, -0.15) is 0 Å². The molecule has 0 bridgehead atoms. The molecule has 0 aliphatic rings. The fourth-order valence-corrected chi connectivity index (χ4v) is 2.30. The average Bonchev–Trinajstić information content (AvgIpc) is 2.54. The van der Waals surface area contributed by atoms with E-state index in [0.29, 0.717) is 6.61 Å². The van der Waals surface area contributed by atoms with Gasteiger partial charge in [-0.1, -0.05) is 29.8 Å². The first-order valence-corrected chi connectivity index (χ1v) is 7.38. The standard InChI is InChI=1S/C18H19N3O/c1-13-8-9-17-16(10-13)18(20-12-19-17)21-14(2)11-22-15-6-4-3-5-7-15/h3-10,12,14H,11H2,1-2H3,(H,19,20,21). The molecule has 0 amide bonds. The van der Waals surface area contributed by atoms with Crippen molar-refractivity contribution in [3.05, 3.63) is 60.4 Å². The van der Waals surface area contributed by atoms with Crippen LogP contribution < -0.4 is 10.1 Å². The predicted octanol–water partition coefficient (Wildman–Crippen LogP) is 3.82. The quantitative estimate of drug-likeness (QED) is 0.777. The number of rotatable bonds is 5. The Morgan fingerprint density at radius 3 is 2.73 bits per heavy atom. The molecule has 1 heterocycles. The summed E-state index contributed by atoms with van der Waals surface area (Å²) in [5.41, 5.74) is 2.14. The van der Waals surface area contributed by atoms with E-state index in [1.165, 1.54) is 5.56 Å². The molecule has 22 heavy (non-hydrogen) atoms. The fraction of sp³-hybridized carbons (Fsp3) is 0.222. The number of nitrogens with zero attached hydrogens (tertiary/aromatic N) is 2. The molecule has 3 aromatic rings. The zero-order valence-electron chi connectivity index (χ0n) is 12.8. The maximum atomic E-state index is 5.77. The summed E-state index contributed by atoms with van der Waals surface area (Å²) in [6, 6.07) is 16.1. The molecular formula is C18H19N3O. The zero-order chi connectivity index (χ0) is 15.4. The van der Waals surface area contributed by atoms with Gasteiger partial charge in [0.2, 0.25) is 0 Å². The molecule has 0 aliphatic heterocycles. The molecule has 2 aromatic carbocycles. The number of hydrogen-bond donors (Lipinski definition) is 1. The number of aromatic nitrogens is 2. The van der Waals surface area contributed by atoms with Crippen LogP contribution in [-0.4, -0.2) is 22.6 Å². The summed E-state index contributed by atoms with van der Waals surface area (Å²) in [6.45, 7) is 4.71. The van der Waals surface area contributed by atoms with Crippen LogP contribution >= 0.6 is 0 Å². The minimum Gasteiger partial charge on any atom is -0.491 e. The Bertz CT molecular complexity index is 759. The van der Waals surface area contributed by atoms with Crippen molar-refractivity contribution >= 4 is 16.7 Å². The molecule has 1 aromatic heterocycles. The molecule has 1 N–H and O–H groups in total. The van der Waals surface area contributed by atoms with Gasteiger partial charge in [0.05, 0.1) is 11.6 Å². The highest BCUT2D eigenvalue weighted by atomic mass is 16.5. The largest absolute Gasteiger partial charge is 0.491 e. The zero-order valence-corrected chi connectivity index (χ0v) is 12.8. The van der Waals surface area contributed by atoms with Crippen LogP contribution in [0.5, 0.6) is 5.75 Å². The van der Waals surface area contributed by atoms with Gasteiger partial charge >= 0.3 is 0 Å². The normalized spacial score (nSPS) is 12.1. The molecule has 112 valence electrons. The van der Waals surface area contributed by atoms with Crippen molar-refractivity contribution in [1.29, 1.82) is 0 Å². The third-order valence-electron chi connectivity index (χ3n) is 3.42. The first kappa shape index (κ1) is 14.3. The maximum Gasteiger partial charge on any atom is 0.137 e. The highest BCUT2D eigenvalue weighted by molar-refractivity contribution is 5.89. The summed E-state index contributed by atoms with van der Waals surface area (Å²) in [5, 5.41) is 4.44. The second-order valence-corrected chi connectivity index (χ2v) is 5.41. The summed E-state index contributed by atoms with van der Waals surface area (Å²) < 4.78 is 5.77. The maximum absolute atomic E-state index is 5.77. The average molecular weight is 293 g/mol. The van der Waals surface area contributed by atoms with Crippen LogP contribution in [0.15, 0.2) is 54.9 Å². The molecule has 1 atom stereocenters. The Hall–Kier alpha value is -2.62. The van der Waals surface area contributed by atoms with E-state index >= 15 is 0 Å². The fourth-order valence-electron chi connectivity index (χ4n) is 2.30. The van der Waals surface area contributed by atoms with Crippen molar-refractivity contribution in [3.8, 4) is 5.75 Å². The van der Waals surface area contributed by atoms with Crippen LogP contribution in [0.4, 0.5) is 5.82 Å². The third kappa shape index (κ3) is 3.34. The van der Waals surface area contributed by atoms with Crippen LogP contribution in [0.3, 0.4) is 0 Å². The first-order valence-electron chi connectivity index (χ1n) is 7.38. The molecule has 0 saturated carbocycles. The second kappa shape index (κ2) is 6.43. The number of fused-ring (bicyclic) bond motifs is 1. The van der Waals surface area contributed by atoms with Crippen molar-refractivity contribution in [1.82, 2.24) is 9.97 Å². The van der Waals surface area contributed by atoms with E-state index in [2.05, 4.69) is 41.3 Å². The van der Waals surface area contributed by atoms with Gasteiger partial charge in [-0.15, -0.1) is 0 Å². The van der Waals surface area contributed by atoms with Gasteiger partial charge in [0.1, 0.15) is 24.5 Å². The molecule has 4 heteroatoms. The van der Waals surface area contributed by atoms with E-state index in [-0.39, 0.29) is 6.04 Å². The molecule has 0 radical (unpaired) electrons. The van der Waals surface area contributed by atoms with Gasteiger partial charge in [-0.25, -0.2) is 9.97 Å². The van der Waals surface area contributed by atoms with E-state index in [1.54, 1.807) is 6.33 Å². The van der Waals surface area contributed by atoms with Crippen molar-refractivity contribution in [2.24, 2.45) is 0 Å². The molecule has 0 aliphatic carbocycles. The van der Waals surface area contributed by atoms with Crippen LogP contribution in [0.25, 0.3) is 10.9 Å². The molecule has 3 rings (SSSR count). The molecule has 0 saturated heterocycles. The van der Waals surface area contributed by atoms with E-state index in [4.69, 9.17) is 4.74 Å². The van der Waals surface area contributed by atoms with E-state index in [9.17, 15) is 0 Å². The number of hydrogen-bond acceptors (Lipinski definition) is 4. The van der Waals surface area contributed by atoms with Crippen molar-refractivity contribution in [2.75, 3.05) is 11.9 Å². The summed E-state index contributed by atoms with van der Waals surface area (Å²) in [5.74, 6) is 1.72. The Labute approximate surface area is 130 Å². The summed E-state index contributed by atoms with van der Waals surface area (Å²) in [6.07, 6.45) is 1.59. The predicted molar refractivity (Wildman–Crippen MR) is 89.3 cm³/mol.